The van der Waals surface area contributed by atoms with Gasteiger partial charge in [0, 0.05) is 11.6 Å². The summed E-state index contributed by atoms with van der Waals surface area (Å²) in [6.07, 6.45) is 0. The van der Waals surface area contributed by atoms with Crippen LogP contribution in [0.25, 0.3) is 0 Å². The van der Waals surface area contributed by atoms with Crippen LogP contribution in [0.2, 0.25) is 10.3 Å². The van der Waals surface area contributed by atoms with Gasteiger partial charge in [0.05, 0.1) is 0 Å². The molecule has 1 aromatic carbocycles. The first-order chi connectivity index (χ1) is 9.08. The number of hydrogen-bond donors (Lipinski definition) is 1. The van der Waals surface area contributed by atoms with Crippen molar-refractivity contribution in [2.45, 2.75) is 13.8 Å². The highest BCUT2D eigenvalue weighted by atomic mass is 35.5. The lowest BCUT2D eigenvalue weighted by Crippen LogP contribution is -2.04. The van der Waals surface area contributed by atoms with Gasteiger partial charge in [0.15, 0.2) is 0 Å². The van der Waals surface area contributed by atoms with Crippen LogP contribution < -0.4 is 10.1 Å². The molecule has 0 aliphatic rings. The molecule has 0 spiro atoms. The van der Waals surface area contributed by atoms with Gasteiger partial charge in [0.25, 0.3) is 0 Å². The zero-order chi connectivity index (χ0) is 13.8. The SMILES string of the molecule is CCNc1nc(Cl)nc(Oc2ccc(Cl)c(C)c2)n1. The minimum absolute atomic E-state index is 0.0756. The Bertz CT molecular complexity index is 592. The van der Waals surface area contributed by atoms with Crippen LogP contribution in [0.15, 0.2) is 18.2 Å². The van der Waals surface area contributed by atoms with Crippen LogP contribution in [-0.4, -0.2) is 21.5 Å². The van der Waals surface area contributed by atoms with Crippen LogP contribution in [0.4, 0.5) is 5.95 Å². The van der Waals surface area contributed by atoms with Gasteiger partial charge in [-0.15, -0.1) is 0 Å². The fraction of sp³-hybridized carbons (Fsp3) is 0.250. The first-order valence-electron chi connectivity index (χ1n) is 5.68. The minimum Gasteiger partial charge on any atom is -0.424 e. The molecular formula is C12H12Cl2N4O. The Labute approximate surface area is 121 Å². The number of anilines is 1. The van der Waals surface area contributed by atoms with Crippen molar-refractivity contribution in [2.75, 3.05) is 11.9 Å². The Balaban J connectivity index is 2.24. The lowest BCUT2D eigenvalue weighted by molar-refractivity contribution is 0.440. The molecule has 7 heteroatoms. The van der Waals surface area contributed by atoms with Crippen molar-refractivity contribution < 1.29 is 4.74 Å². The van der Waals surface area contributed by atoms with Crippen molar-refractivity contribution in [1.29, 1.82) is 0 Å². The smallest absolute Gasteiger partial charge is 0.328 e. The van der Waals surface area contributed by atoms with Crippen LogP contribution in [0, 0.1) is 6.92 Å². The highest BCUT2D eigenvalue weighted by molar-refractivity contribution is 6.31. The molecule has 0 saturated heterocycles. The summed E-state index contributed by atoms with van der Waals surface area (Å²) in [6.45, 7) is 4.50. The highest BCUT2D eigenvalue weighted by Crippen LogP contribution is 2.24. The van der Waals surface area contributed by atoms with E-state index < -0.39 is 0 Å². The Morgan fingerprint density at radius 2 is 2.00 bits per heavy atom. The molecule has 2 aromatic rings. The first-order valence-corrected chi connectivity index (χ1v) is 6.43. The molecule has 0 radical (unpaired) electrons. The predicted molar refractivity (Wildman–Crippen MR) is 75.3 cm³/mol. The third-order valence-electron chi connectivity index (χ3n) is 2.26. The molecule has 2 rings (SSSR count). The van der Waals surface area contributed by atoms with Gasteiger partial charge in [-0.25, -0.2) is 0 Å². The Hall–Kier alpha value is -1.59. The molecule has 0 fully saturated rings. The number of hydrogen-bond acceptors (Lipinski definition) is 5. The number of aryl methyl sites for hydroxylation is 1. The monoisotopic (exact) mass is 298 g/mol. The number of ether oxygens (including phenoxy) is 1. The maximum absolute atomic E-state index is 5.95. The first kappa shape index (κ1) is 13.8. The van der Waals surface area contributed by atoms with Crippen LogP contribution in [0.5, 0.6) is 11.8 Å². The van der Waals surface area contributed by atoms with Crippen molar-refractivity contribution >= 4 is 29.2 Å². The zero-order valence-corrected chi connectivity index (χ0v) is 12.0. The summed E-state index contributed by atoms with van der Waals surface area (Å²) in [5.41, 5.74) is 0.909. The fourth-order valence-electron chi connectivity index (χ4n) is 1.40. The van der Waals surface area contributed by atoms with Gasteiger partial charge in [-0.3, -0.25) is 0 Å². The Morgan fingerprint density at radius 1 is 1.21 bits per heavy atom. The average Bonchev–Trinajstić information content (AvgIpc) is 2.33. The van der Waals surface area contributed by atoms with Crippen molar-refractivity contribution in [3.63, 3.8) is 0 Å². The second kappa shape index (κ2) is 6.04. The average molecular weight is 299 g/mol. The second-order valence-electron chi connectivity index (χ2n) is 3.75. The number of rotatable bonds is 4. The summed E-state index contributed by atoms with van der Waals surface area (Å²) in [6, 6.07) is 5.42. The molecule has 0 saturated carbocycles. The minimum atomic E-state index is 0.0756. The van der Waals surface area contributed by atoms with Crippen molar-refractivity contribution in [1.82, 2.24) is 15.0 Å². The van der Waals surface area contributed by atoms with Gasteiger partial charge in [-0.1, -0.05) is 11.6 Å². The molecule has 1 aromatic heterocycles. The molecule has 0 amide bonds. The zero-order valence-electron chi connectivity index (χ0n) is 10.4. The van der Waals surface area contributed by atoms with E-state index in [-0.39, 0.29) is 11.3 Å². The largest absolute Gasteiger partial charge is 0.424 e. The summed E-state index contributed by atoms with van der Waals surface area (Å²) in [4.78, 5) is 11.9. The van der Waals surface area contributed by atoms with E-state index in [4.69, 9.17) is 27.9 Å². The van der Waals surface area contributed by atoms with E-state index in [1.54, 1.807) is 18.2 Å². The molecule has 0 bridgehead atoms. The van der Waals surface area contributed by atoms with Gasteiger partial charge >= 0.3 is 6.01 Å². The molecule has 0 aliphatic heterocycles. The topological polar surface area (TPSA) is 59.9 Å². The quantitative estimate of drug-likeness (QED) is 0.932. The summed E-state index contributed by atoms with van der Waals surface area (Å²) in [7, 11) is 0. The number of benzene rings is 1. The molecular weight excluding hydrogens is 287 g/mol. The second-order valence-corrected chi connectivity index (χ2v) is 4.50. The summed E-state index contributed by atoms with van der Waals surface area (Å²) >= 11 is 11.8. The Morgan fingerprint density at radius 3 is 2.68 bits per heavy atom. The summed E-state index contributed by atoms with van der Waals surface area (Å²) < 4.78 is 5.54. The predicted octanol–water partition coefficient (Wildman–Crippen LogP) is 3.71. The number of aromatic nitrogens is 3. The van der Waals surface area contributed by atoms with E-state index in [0.717, 1.165) is 5.56 Å². The van der Waals surface area contributed by atoms with Crippen LogP contribution in [0.1, 0.15) is 12.5 Å². The molecule has 1 heterocycles. The van der Waals surface area contributed by atoms with Gasteiger partial charge in [-0.2, -0.15) is 15.0 Å². The van der Waals surface area contributed by atoms with Crippen LogP contribution >= 0.6 is 23.2 Å². The molecule has 0 unspecified atom stereocenters. The maximum atomic E-state index is 5.95. The molecule has 1 N–H and O–H groups in total. The van der Waals surface area contributed by atoms with Crippen molar-refractivity contribution in [3.05, 3.63) is 34.1 Å². The van der Waals surface area contributed by atoms with Gasteiger partial charge in [0.2, 0.25) is 11.2 Å². The third-order valence-corrected chi connectivity index (χ3v) is 2.85. The van der Waals surface area contributed by atoms with Gasteiger partial charge in [-0.05, 0) is 49.2 Å². The summed E-state index contributed by atoms with van der Waals surface area (Å²) in [5, 5.41) is 3.70. The standard InChI is InChI=1S/C12H12Cl2N4O/c1-3-15-11-16-10(14)17-12(18-11)19-8-4-5-9(13)7(2)6-8/h4-6H,3H2,1-2H3,(H,15,16,17,18). The van der Waals surface area contributed by atoms with E-state index >= 15 is 0 Å². The van der Waals surface area contributed by atoms with Crippen molar-refractivity contribution in [2.24, 2.45) is 0 Å². The van der Waals surface area contributed by atoms with Crippen molar-refractivity contribution in [3.8, 4) is 11.8 Å². The van der Waals surface area contributed by atoms with Gasteiger partial charge in [0.1, 0.15) is 5.75 Å². The van der Waals surface area contributed by atoms with E-state index in [1.807, 2.05) is 13.8 Å². The number of halogens is 2. The maximum Gasteiger partial charge on any atom is 0.328 e. The molecule has 5 nitrogen and oxygen atoms in total. The highest BCUT2D eigenvalue weighted by Gasteiger charge is 2.07. The lowest BCUT2D eigenvalue weighted by Gasteiger charge is -2.07. The van der Waals surface area contributed by atoms with Crippen LogP contribution in [-0.2, 0) is 0 Å². The molecule has 0 aliphatic carbocycles. The number of nitrogens with zero attached hydrogens (tertiary/aromatic N) is 3. The number of nitrogens with one attached hydrogen (secondary N) is 1. The molecule has 100 valence electrons. The molecule has 19 heavy (non-hydrogen) atoms. The van der Waals surface area contributed by atoms with E-state index in [9.17, 15) is 0 Å². The lowest BCUT2D eigenvalue weighted by atomic mass is 10.2. The Kier molecular flexibility index (Phi) is 4.39. The van der Waals surface area contributed by atoms with Gasteiger partial charge < -0.3 is 10.1 Å². The molecule has 0 atom stereocenters. The van der Waals surface area contributed by atoms with E-state index in [0.29, 0.717) is 23.3 Å². The van der Waals surface area contributed by atoms with E-state index in [1.165, 1.54) is 0 Å². The third kappa shape index (κ3) is 3.68. The summed E-state index contributed by atoms with van der Waals surface area (Å²) in [5.74, 6) is 0.967. The normalized spacial score (nSPS) is 10.3. The van der Waals surface area contributed by atoms with Crippen LogP contribution in [0.3, 0.4) is 0 Å². The fourth-order valence-corrected chi connectivity index (χ4v) is 1.67. The van der Waals surface area contributed by atoms with E-state index in [2.05, 4.69) is 20.3 Å².